The number of ether oxygens (including phenoxy) is 1. The van der Waals surface area contributed by atoms with Crippen LogP contribution in [0.5, 0.6) is 5.75 Å². The second kappa shape index (κ2) is 11.7. The summed E-state index contributed by atoms with van der Waals surface area (Å²) in [5, 5.41) is 7.31. The van der Waals surface area contributed by atoms with E-state index in [2.05, 4.69) is 92.7 Å². The van der Waals surface area contributed by atoms with Crippen molar-refractivity contribution >= 4 is 17.8 Å². The summed E-state index contributed by atoms with van der Waals surface area (Å²) in [5.41, 5.74) is 7.27. The van der Waals surface area contributed by atoms with Crippen LogP contribution in [0.25, 0.3) is 6.08 Å². The quantitative estimate of drug-likeness (QED) is 0.368. The molecule has 0 aliphatic heterocycles. The Hall–Kier alpha value is -4.23. The Morgan fingerprint density at radius 1 is 1.12 bits per heavy atom. The number of nitrogens with one attached hydrogen (secondary N) is 1. The summed E-state index contributed by atoms with van der Waals surface area (Å²) in [7, 11) is 4.14. The third kappa shape index (κ3) is 7.11. The molecule has 41 heavy (non-hydrogen) atoms. The Morgan fingerprint density at radius 3 is 2.66 bits per heavy atom. The summed E-state index contributed by atoms with van der Waals surface area (Å²) in [5.74, 6) is 0.627. The summed E-state index contributed by atoms with van der Waals surface area (Å²) in [6, 6.07) is 14.4. The van der Waals surface area contributed by atoms with Crippen LogP contribution in [-0.2, 0) is 17.8 Å². The minimum absolute atomic E-state index is 0.0236. The molecule has 2 aromatic carbocycles. The molecule has 0 bridgehead atoms. The minimum Gasteiger partial charge on any atom is -0.493 e. The highest BCUT2D eigenvalue weighted by molar-refractivity contribution is 6.04. The number of carbonyl (C=O) groups is 2. The molecule has 3 aromatic rings. The number of carbonyl (C=O) groups excluding carboxylic acids is 2. The van der Waals surface area contributed by atoms with Crippen molar-refractivity contribution in [3.63, 3.8) is 0 Å². The van der Waals surface area contributed by atoms with Gasteiger partial charge in [-0.15, -0.1) is 0 Å². The number of Topliss-reactive ketones (excluding diaryl/α,β-unsaturated/α-hetero) is 1. The van der Waals surface area contributed by atoms with Gasteiger partial charge in [0.2, 0.25) is 0 Å². The van der Waals surface area contributed by atoms with Crippen molar-refractivity contribution in [3.05, 3.63) is 112 Å². The lowest BCUT2D eigenvalue weighted by atomic mass is 9.93. The lowest BCUT2D eigenvalue weighted by molar-refractivity contribution is -0.114. The van der Waals surface area contributed by atoms with Gasteiger partial charge in [0.05, 0.1) is 24.9 Å². The predicted octanol–water partition coefficient (Wildman–Crippen LogP) is 5.36. The average molecular weight is 551 g/mol. The van der Waals surface area contributed by atoms with E-state index in [1.165, 1.54) is 5.56 Å². The maximum absolute atomic E-state index is 13.0. The smallest absolute Gasteiger partial charge is 0.258 e. The van der Waals surface area contributed by atoms with Crippen molar-refractivity contribution in [2.24, 2.45) is 5.41 Å². The molecule has 7 heteroatoms. The van der Waals surface area contributed by atoms with Crippen LogP contribution in [0.1, 0.15) is 52.9 Å². The topological polar surface area (TPSA) is 76.5 Å². The lowest BCUT2D eigenvalue weighted by Gasteiger charge is -2.28. The highest BCUT2D eigenvalue weighted by atomic mass is 16.5. The van der Waals surface area contributed by atoms with E-state index in [0.29, 0.717) is 36.4 Å². The second-order valence-corrected chi connectivity index (χ2v) is 12.1. The number of allylic oxidation sites excluding steroid dienone is 4. The van der Waals surface area contributed by atoms with Crippen molar-refractivity contribution in [3.8, 4) is 5.75 Å². The van der Waals surface area contributed by atoms with Crippen LogP contribution in [0.3, 0.4) is 0 Å². The number of hydrogen-bond donors (Lipinski definition) is 1. The fourth-order valence-corrected chi connectivity index (χ4v) is 5.37. The summed E-state index contributed by atoms with van der Waals surface area (Å²) in [6.07, 6.45) is 9.86. The molecular formula is C34H38N4O3. The first-order chi connectivity index (χ1) is 19.5. The third-order valence-electron chi connectivity index (χ3n) is 7.27. The van der Waals surface area contributed by atoms with Gasteiger partial charge in [-0.3, -0.25) is 14.3 Å². The number of hydrogen-bond acceptors (Lipinski definition) is 5. The van der Waals surface area contributed by atoms with E-state index in [-0.39, 0.29) is 23.5 Å². The fraction of sp³-hybridized carbons (Fsp3) is 0.324. The van der Waals surface area contributed by atoms with Gasteiger partial charge in [0.1, 0.15) is 5.75 Å². The van der Waals surface area contributed by atoms with Gasteiger partial charge in [-0.25, -0.2) is 0 Å². The van der Waals surface area contributed by atoms with E-state index in [1.807, 2.05) is 6.07 Å². The van der Waals surface area contributed by atoms with Crippen molar-refractivity contribution in [2.75, 3.05) is 27.2 Å². The van der Waals surface area contributed by atoms with Crippen LogP contribution in [-0.4, -0.2) is 53.6 Å². The Kier molecular flexibility index (Phi) is 8.08. The maximum atomic E-state index is 13.0. The normalized spacial score (nSPS) is 14.9. The average Bonchev–Trinajstić information content (AvgIpc) is 3.56. The van der Waals surface area contributed by atoms with Crippen molar-refractivity contribution in [2.45, 2.75) is 40.2 Å². The zero-order chi connectivity index (χ0) is 29.1. The van der Waals surface area contributed by atoms with E-state index in [0.717, 1.165) is 34.6 Å². The van der Waals surface area contributed by atoms with Gasteiger partial charge in [-0.2, -0.15) is 5.10 Å². The van der Waals surface area contributed by atoms with E-state index in [9.17, 15) is 9.59 Å². The van der Waals surface area contributed by atoms with Crippen molar-refractivity contribution in [1.82, 2.24) is 20.0 Å². The highest BCUT2D eigenvalue weighted by Gasteiger charge is 2.25. The Labute approximate surface area is 242 Å². The first-order valence-corrected chi connectivity index (χ1v) is 14.0. The highest BCUT2D eigenvalue weighted by Crippen LogP contribution is 2.34. The van der Waals surface area contributed by atoms with Crippen molar-refractivity contribution in [1.29, 1.82) is 0 Å². The Morgan fingerprint density at radius 2 is 1.90 bits per heavy atom. The van der Waals surface area contributed by atoms with Gasteiger partial charge in [0.15, 0.2) is 5.78 Å². The third-order valence-corrected chi connectivity index (χ3v) is 7.27. The zero-order valence-corrected chi connectivity index (χ0v) is 24.5. The summed E-state index contributed by atoms with van der Waals surface area (Å²) in [4.78, 5) is 28.0. The molecule has 2 aliphatic rings. The van der Waals surface area contributed by atoms with Gasteiger partial charge >= 0.3 is 0 Å². The molecule has 0 fully saturated rings. The number of rotatable bonds is 10. The molecule has 0 saturated heterocycles. The predicted molar refractivity (Wildman–Crippen MR) is 162 cm³/mol. The first-order valence-electron chi connectivity index (χ1n) is 14.0. The molecule has 1 N–H and O–H groups in total. The molecule has 7 nitrogen and oxygen atoms in total. The van der Waals surface area contributed by atoms with Crippen LogP contribution in [0.15, 0.2) is 83.9 Å². The van der Waals surface area contributed by atoms with Crippen LogP contribution in [0.2, 0.25) is 0 Å². The van der Waals surface area contributed by atoms with Crippen LogP contribution < -0.4 is 10.1 Å². The molecule has 0 atom stereocenters. The molecule has 212 valence electrons. The fourth-order valence-electron chi connectivity index (χ4n) is 5.37. The van der Waals surface area contributed by atoms with Gasteiger partial charge in [-0.05, 0) is 67.9 Å². The number of benzene rings is 2. The van der Waals surface area contributed by atoms with Crippen LogP contribution in [0.4, 0.5) is 0 Å². The Balaban J connectivity index is 1.24. The van der Waals surface area contributed by atoms with E-state index < -0.39 is 0 Å². The molecule has 5 rings (SSSR count). The molecule has 0 radical (unpaired) electrons. The summed E-state index contributed by atoms with van der Waals surface area (Å²) in [6.45, 7) is 8.58. The second-order valence-electron chi connectivity index (χ2n) is 12.1. The van der Waals surface area contributed by atoms with Gasteiger partial charge in [-0.1, -0.05) is 61.9 Å². The summed E-state index contributed by atoms with van der Waals surface area (Å²) < 4.78 is 7.89. The Bertz CT molecular complexity index is 1550. The molecule has 0 saturated carbocycles. The largest absolute Gasteiger partial charge is 0.493 e. The first kappa shape index (κ1) is 28.3. The number of aromatic nitrogens is 2. The molecule has 0 unspecified atom stereocenters. The standard InChI is InChI=1S/C34H38N4O3/c1-23-6-8-24(9-7-23)19-38-20-28(18-35-38)33(40)36-29-11-13-32(39)31(17-29)27-14-25-10-12-30(16-26(25)15-27)41-22-34(2,3)21-37(4)5/h6-12,15-18,20H,13-14,19,21-22H2,1-5H3,(H,36,40). The molecule has 0 spiro atoms. The molecule has 2 aliphatic carbocycles. The SMILES string of the molecule is Cc1ccc(Cn2cc(C(=O)NC3=CCC(=O)C(C4=Cc5cc(OCC(C)(C)CN(C)C)ccc5C4)=C3)cn2)cc1. The van der Waals surface area contributed by atoms with Gasteiger partial charge in [0, 0.05) is 35.8 Å². The number of amides is 1. The minimum atomic E-state index is -0.251. The van der Waals surface area contributed by atoms with Gasteiger partial charge in [0.25, 0.3) is 5.91 Å². The number of nitrogens with zero attached hydrogens (tertiary/aromatic N) is 3. The van der Waals surface area contributed by atoms with E-state index in [1.54, 1.807) is 29.2 Å². The molecule has 1 aromatic heterocycles. The lowest BCUT2D eigenvalue weighted by Crippen LogP contribution is -2.33. The monoisotopic (exact) mass is 550 g/mol. The van der Waals surface area contributed by atoms with Crippen LogP contribution >= 0.6 is 0 Å². The number of aryl methyl sites for hydroxylation is 1. The van der Waals surface area contributed by atoms with E-state index in [4.69, 9.17) is 4.74 Å². The molecule has 1 heterocycles. The zero-order valence-electron chi connectivity index (χ0n) is 24.5. The van der Waals surface area contributed by atoms with Gasteiger partial charge < -0.3 is 15.0 Å². The van der Waals surface area contributed by atoms with Crippen LogP contribution in [0, 0.1) is 12.3 Å². The molecular weight excluding hydrogens is 512 g/mol. The summed E-state index contributed by atoms with van der Waals surface area (Å²) >= 11 is 0. The van der Waals surface area contributed by atoms with E-state index >= 15 is 0 Å². The number of ketones is 1. The number of fused-ring (bicyclic) bond motifs is 1. The van der Waals surface area contributed by atoms with Crippen molar-refractivity contribution < 1.29 is 14.3 Å². The maximum Gasteiger partial charge on any atom is 0.258 e. The molecule has 1 amide bonds.